The molecule has 4 nitrogen and oxygen atoms in total. The fourth-order valence-corrected chi connectivity index (χ4v) is 3.41. The van der Waals surface area contributed by atoms with Gasteiger partial charge in [0.15, 0.2) is 0 Å². The molecule has 0 radical (unpaired) electrons. The van der Waals surface area contributed by atoms with Crippen molar-refractivity contribution in [2.24, 2.45) is 0 Å². The van der Waals surface area contributed by atoms with Crippen LogP contribution in [0.1, 0.15) is 30.0 Å². The van der Waals surface area contributed by atoms with E-state index in [0.717, 1.165) is 25.8 Å². The molecule has 0 aliphatic rings. The summed E-state index contributed by atoms with van der Waals surface area (Å²) in [5, 5.41) is 13.3. The summed E-state index contributed by atoms with van der Waals surface area (Å²) >= 11 is 1.69. The van der Waals surface area contributed by atoms with Crippen LogP contribution in [-0.4, -0.2) is 25.7 Å². The highest BCUT2D eigenvalue weighted by molar-refractivity contribution is 7.07. The smallest absolute Gasteiger partial charge is 0.315 e. The second-order valence-electron chi connectivity index (χ2n) is 6.04. The molecular formula is C19H27N3OS. The van der Waals surface area contributed by atoms with Crippen molar-refractivity contribution in [2.45, 2.75) is 38.8 Å². The van der Waals surface area contributed by atoms with Gasteiger partial charge in [-0.15, -0.1) is 0 Å². The van der Waals surface area contributed by atoms with Gasteiger partial charge in [0.05, 0.1) is 0 Å². The molecule has 2 aromatic rings. The van der Waals surface area contributed by atoms with Crippen molar-refractivity contribution in [3.05, 3.63) is 57.8 Å². The Labute approximate surface area is 148 Å². The van der Waals surface area contributed by atoms with E-state index in [9.17, 15) is 4.79 Å². The molecule has 0 aliphatic heterocycles. The fraction of sp³-hybridized carbons (Fsp3) is 0.421. The molecule has 2 rings (SSSR count). The molecule has 0 unspecified atom stereocenters. The van der Waals surface area contributed by atoms with Crippen LogP contribution in [0.3, 0.4) is 0 Å². The number of hydrogen-bond acceptors (Lipinski definition) is 3. The van der Waals surface area contributed by atoms with Crippen LogP contribution < -0.4 is 16.0 Å². The lowest BCUT2D eigenvalue weighted by Crippen LogP contribution is -2.42. The number of nitrogens with one attached hydrogen (secondary N) is 3. The van der Waals surface area contributed by atoms with E-state index in [1.54, 1.807) is 11.3 Å². The Morgan fingerprint density at radius 3 is 2.71 bits per heavy atom. The predicted molar refractivity (Wildman–Crippen MR) is 102 cm³/mol. The number of carbonyl (C=O) groups excluding carboxylic acids is 1. The number of hydrogen-bond donors (Lipinski definition) is 3. The average molecular weight is 346 g/mol. The minimum Gasteiger partial charge on any atom is -0.338 e. The van der Waals surface area contributed by atoms with Crippen LogP contribution in [-0.2, 0) is 19.4 Å². The summed E-state index contributed by atoms with van der Waals surface area (Å²) in [7, 11) is 1.96. The van der Waals surface area contributed by atoms with E-state index in [2.05, 4.69) is 57.0 Å². The lowest BCUT2D eigenvalue weighted by atomic mass is 10.0. The molecule has 1 heterocycles. The van der Waals surface area contributed by atoms with Crippen LogP contribution in [0.15, 0.2) is 41.1 Å². The summed E-state index contributed by atoms with van der Waals surface area (Å²) in [6.45, 7) is 3.60. The van der Waals surface area contributed by atoms with E-state index < -0.39 is 0 Å². The van der Waals surface area contributed by atoms with Crippen LogP contribution in [0.2, 0.25) is 0 Å². The largest absolute Gasteiger partial charge is 0.338 e. The van der Waals surface area contributed by atoms with Gasteiger partial charge in [-0.05, 0) is 66.8 Å². The third-order valence-corrected chi connectivity index (χ3v) is 4.63. The molecule has 5 heteroatoms. The van der Waals surface area contributed by atoms with Crippen LogP contribution in [0.5, 0.6) is 0 Å². The molecule has 24 heavy (non-hydrogen) atoms. The quantitative estimate of drug-likeness (QED) is 0.611. The van der Waals surface area contributed by atoms with E-state index in [-0.39, 0.29) is 12.1 Å². The van der Waals surface area contributed by atoms with Crippen LogP contribution >= 0.6 is 11.3 Å². The fourth-order valence-electron chi connectivity index (χ4n) is 2.73. The zero-order valence-corrected chi connectivity index (χ0v) is 15.3. The standard InChI is InChI=1S/C19H27N3OS/c1-15(12-16-9-11-24-14-16)22-19(23)21-10-5-8-17-6-3-4-7-18(17)13-20-2/h3-4,6-7,9,11,14-15,20H,5,8,10,12-13H2,1-2H3,(H2,21,22,23)/t15-/m0/s1. The van der Waals surface area contributed by atoms with Crippen molar-refractivity contribution >= 4 is 17.4 Å². The topological polar surface area (TPSA) is 53.2 Å². The molecule has 0 saturated carbocycles. The molecule has 0 bridgehead atoms. The van der Waals surface area contributed by atoms with Crippen molar-refractivity contribution in [3.63, 3.8) is 0 Å². The highest BCUT2D eigenvalue weighted by atomic mass is 32.1. The van der Waals surface area contributed by atoms with Crippen LogP contribution in [0, 0.1) is 0 Å². The second-order valence-corrected chi connectivity index (χ2v) is 6.82. The summed E-state index contributed by atoms with van der Waals surface area (Å²) in [4.78, 5) is 11.9. The number of aryl methyl sites for hydroxylation is 1. The van der Waals surface area contributed by atoms with Crippen molar-refractivity contribution < 1.29 is 4.79 Å². The highest BCUT2D eigenvalue weighted by Gasteiger charge is 2.08. The molecule has 0 saturated heterocycles. The molecule has 0 spiro atoms. The van der Waals surface area contributed by atoms with Crippen molar-refractivity contribution in [3.8, 4) is 0 Å². The Kier molecular flexibility index (Phi) is 7.79. The van der Waals surface area contributed by atoms with E-state index >= 15 is 0 Å². The lowest BCUT2D eigenvalue weighted by Gasteiger charge is -2.14. The first-order chi connectivity index (χ1) is 11.7. The third-order valence-electron chi connectivity index (χ3n) is 3.89. The zero-order chi connectivity index (χ0) is 17.2. The number of rotatable bonds is 9. The maximum absolute atomic E-state index is 11.9. The van der Waals surface area contributed by atoms with Crippen molar-refractivity contribution in [2.75, 3.05) is 13.6 Å². The SMILES string of the molecule is CNCc1ccccc1CCCNC(=O)N[C@@H](C)Cc1ccsc1. The van der Waals surface area contributed by atoms with Gasteiger partial charge in [0, 0.05) is 19.1 Å². The normalized spacial score (nSPS) is 11.9. The Balaban J connectivity index is 1.66. The van der Waals surface area contributed by atoms with Gasteiger partial charge in [-0.2, -0.15) is 11.3 Å². The molecule has 1 aromatic carbocycles. The Morgan fingerprint density at radius 2 is 2.00 bits per heavy atom. The number of benzene rings is 1. The average Bonchev–Trinajstić information content (AvgIpc) is 3.06. The molecule has 0 fully saturated rings. The van der Waals surface area contributed by atoms with Gasteiger partial charge >= 0.3 is 6.03 Å². The first-order valence-corrected chi connectivity index (χ1v) is 9.40. The van der Waals surface area contributed by atoms with Gasteiger partial charge in [-0.25, -0.2) is 4.79 Å². The molecular weight excluding hydrogens is 318 g/mol. The molecule has 0 aliphatic carbocycles. The Morgan fingerprint density at radius 1 is 1.21 bits per heavy atom. The Bertz CT molecular complexity index is 613. The summed E-state index contributed by atoms with van der Waals surface area (Å²) in [5.74, 6) is 0. The number of carbonyl (C=O) groups is 1. The number of urea groups is 1. The molecule has 3 N–H and O–H groups in total. The van der Waals surface area contributed by atoms with Gasteiger partial charge in [-0.1, -0.05) is 24.3 Å². The predicted octanol–water partition coefficient (Wildman–Crippen LogP) is 3.33. The van der Waals surface area contributed by atoms with Gasteiger partial charge in [0.1, 0.15) is 0 Å². The van der Waals surface area contributed by atoms with Crippen LogP contribution in [0.25, 0.3) is 0 Å². The first kappa shape index (κ1) is 18.5. The molecule has 1 aromatic heterocycles. The first-order valence-electron chi connectivity index (χ1n) is 8.46. The van der Waals surface area contributed by atoms with Crippen molar-refractivity contribution in [1.29, 1.82) is 0 Å². The summed E-state index contributed by atoms with van der Waals surface area (Å²) in [5.41, 5.74) is 3.95. The number of thiophene rings is 1. The van der Waals surface area contributed by atoms with Gasteiger partial charge in [0.25, 0.3) is 0 Å². The second kappa shape index (κ2) is 10.1. The molecule has 1 atom stereocenters. The monoisotopic (exact) mass is 345 g/mol. The lowest BCUT2D eigenvalue weighted by molar-refractivity contribution is 0.237. The Hall–Kier alpha value is -1.85. The van der Waals surface area contributed by atoms with Gasteiger partial charge in [-0.3, -0.25) is 0 Å². The van der Waals surface area contributed by atoms with E-state index in [0.29, 0.717) is 6.54 Å². The third kappa shape index (κ3) is 6.34. The minimum absolute atomic E-state index is 0.0822. The molecule has 130 valence electrons. The van der Waals surface area contributed by atoms with Gasteiger partial charge < -0.3 is 16.0 Å². The summed E-state index contributed by atoms with van der Waals surface area (Å²) < 4.78 is 0. The molecule has 2 amide bonds. The van der Waals surface area contributed by atoms with Crippen molar-refractivity contribution in [1.82, 2.24) is 16.0 Å². The maximum Gasteiger partial charge on any atom is 0.315 e. The summed E-state index contributed by atoms with van der Waals surface area (Å²) in [6.07, 6.45) is 2.78. The van der Waals surface area contributed by atoms with Gasteiger partial charge in [0.2, 0.25) is 0 Å². The van der Waals surface area contributed by atoms with Crippen LogP contribution in [0.4, 0.5) is 4.79 Å². The maximum atomic E-state index is 11.9. The summed E-state index contributed by atoms with van der Waals surface area (Å²) in [6, 6.07) is 10.6. The minimum atomic E-state index is -0.0822. The van der Waals surface area contributed by atoms with E-state index in [1.165, 1.54) is 16.7 Å². The highest BCUT2D eigenvalue weighted by Crippen LogP contribution is 2.11. The zero-order valence-electron chi connectivity index (χ0n) is 14.5. The van der Waals surface area contributed by atoms with E-state index in [1.807, 2.05) is 14.0 Å². The van der Waals surface area contributed by atoms with E-state index in [4.69, 9.17) is 0 Å². The number of amides is 2.